The lowest BCUT2D eigenvalue weighted by molar-refractivity contribution is -0.139. The first-order chi connectivity index (χ1) is 17.2. The number of aromatic nitrogens is 1. The molecule has 0 saturated heterocycles. The van der Waals surface area contributed by atoms with Gasteiger partial charge in [0.1, 0.15) is 6.04 Å². The summed E-state index contributed by atoms with van der Waals surface area (Å²) in [5.41, 5.74) is 3.16. The molecule has 0 bridgehead atoms. The van der Waals surface area contributed by atoms with Gasteiger partial charge < -0.3 is 10.4 Å². The maximum atomic E-state index is 12.9. The Labute approximate surface area is 235 Å². The topological polar surface area (TPSA) is 103 Å². The highest BCUT2D eigenvalue weighted by molar-refractivity contribution is 14.1. The van der Waals surface area contributed by atoms with E-state index in [1.807, 2.05) is 28.7 Å². The third-order valence-corrected chi connectivity index (χ3v) is 7.04. The largest absolute Gasteiger partial charge is 0.480 e. The van der Waals surface area contributed by atoms with Crippen molar-refractivity contribution in [2.45, 2.75) is 12.5 Å². The second kappa shape index (κ2) is 11.0. The highest BCUT2D eigenvalue weighted by Crippen LogP contribution is 2.35. The molecule has 2 N–H and O–H groups in total. The van der Waals surface area contributed by atoms with Crippen LogP contribution in [0.25, 0.3) is 22.0 Å². The van der Waals surface area contributed by atoms with E-state index in [1.54, 1.807) is 54.7 Å². The number of nitrogens with zero attached hydrogens (tertiary/aromatic N) is 2. The third-order valence-electron chi connectivity index (χ3n) is 5.51. The van der Waals surface area contributed by atoms with Gasteiger partial charge in [0.15, 0.2) is 0 Å². The zero-order chi connectivity index (χ0) is 26.0. The van der Waals surface area contributed by atoms with Crippen LogP contribution in [0.3, 0.4) is 0 Å². The van der Waals surface area contributed by atoms with Crippen LogP contribution in [0.2, 0.25) is 15.1 Å². The molecule has 0 fully saturated rings. The zero-order valence-corrected chi connectivity index (χ0v) is 22.7. The van der Waals surface area contributed by atoms with Crippen LogP contribution in [-0.2, 0) is 11.2 Å². The van der Waals surface area contributed by atoms with E-state index < -0.39 is 17.9 Å². The summed E-state index contributed by atoms with van der Waals surface area (Å²) < 4.78 is 0.746. The number of rotatable bonds is 6. The molecule has 180 valence electrons. The minimum Gasteiger partial charge on any atom is -0.480 e. The number of fused-ring (bicyclic) bond motifs is 1. The summed E-state index contributed by atoms with van der Waals surface area (Å²) in [5.74, 6) is -1.89. The van der Waals surface area contributed by atoms with Crippen LogP contribution in [0.1, 0.15) is 21.5 Å². The number of carboxylic acid groups (broad SMARTS) is 1. The average molecular weight is 651 g/mol. The second-order valence-electron chi connectivity index (χ2n) is 7.79. The Balaban J connectivity index is 1.70. The van der Waals surface area contributed by atoms with Crippen molar-refractivity contribution in [2.24, 2.45) is 0 Å². The summed E-state index contributed by atoms with van der Waals surface area (Å²) >= 11 is 20.9. The van der Waals surface area contributed by atoms with E-state index in [1.165, 1.54) is 0 Å². The molecule has 1 atom stereocenters. The Morgan fingerprint density at radius 2 is 1.72 bits per heavy atom. The lowest BCUT2D eigenvalue weighted by atomic mass is 9.94. The van der Waals surface area contributed by atoms with E-state index in [0.717, 1.165) is 9.13 Å². The average Bonchev–Trinajstić information content (AvgIpc) is 2.83. The lowest BCUT2D eigenvalue weighted by Crippen LogP contribution is -2.42. The minimum absolute atomic E-state index is 0.00967. The fraction of sp³-hybridized carbons (Fsp3) is 0.0769. The normalized spacial score (nSPS) is 11.6. The van der Waals surface area contributed by atoms with Crippen molar-refractivity contribution in [3.63, 3.8) is 0 Å². The molecular formula is C26H15Cl3IN3O3. The summed E-state index contributed by atoms with van der Waals surface area (Å²) in [6, 6.07) is 16.1. The van der Waals surface area contributed by atoms with Crippen molar-refractivity contribution in [3.8, 4) is 17.2 Å². The van der Waals surface area contributed by atoms with Gasteiger partial charge >= 0.3 is 5.97 Å². The van der Waals surface area contributed by atoms with Gasteiger partial charge in [0.05, 0.1) is 32.8 Å². The molecule has 4 aromatic rings. The Morgan fingerprint density at radius 1 is 1.03 bits per heavy atom. The molecule has 10 heteroatoms. The van der Waals surface area contributed by atoms with Gasteiger partial charge in [-0.25, -0.2) is 4.79 Å². The molecule has 0 spiro atoms. The fourth-order valence-electron chi connectivity index (χ4n) is 3.84. The number of benzene rings is 3. The smallest absolute Gasteiger partial charge is 0.326 e. The Hall–Kier alpha value is -2.90. The van der Waals surface area contributed by atoms with E-state index >= 15 is 0 Å². The van der Waals surface area contributed by atoms with Gasteiger partial charge in [-0.3, -0.25) is 9.78 Å². The highest BCUT2D eigenvalue weighted by atomic mass is 127. The number of carbonyl (C=O) groups excluding carboxylic acids is 1. The number of hydrogen-bond donors (Lipinski definition) is 2. The van der Waals surface area contributed by atoms with Crippen LogP contribution in [0.5, 0.6) is 0 Å². The van der Waals surface area contributed by atoms with Crippen molar-refractivity contribution in [2.75, 3.05) is 0 Å². The molecule has 0 radical (unpaired) electrons. The Kier molecular flexibility index (Phi) is 8.00. The van der Waals surface area contributed by atoms with Gasteiger partial charge in [-0.15, -0.1) is 0 Å². The summed E-state index contributed by atoms with van der Waals surface area (Å²) in [5, 5.41) is 22.9. The molecule has 1 heterocycles. The van der Waals surface area contributed by atoms with Gasteiger partial charge in [-0.1, -0.05) is 59.1 Å². The molecule has 0 aliphatic carbocycles. The molecule has 1 aromatic heterocycles. The molecule has 6 nitrogen and oxygen atoms in total. The summed E-state index contributed by atoms with van der Waals surface area (Å²) in [6.45, 7) is 0. The molecule has 4 rings (SSSR count). The van der Waals surface area contributed by atoms with Crippen LogP contribution < -0.4 is 5.32 Å². The van der Waals surface area contributed by atoms with E-state index in [0.29, 0.717) is 32.6 Å². The second-order valence-corrected chi connectivity index (χ2v) is 10.3. The zero-order valence-electron chi connectivity index (χ0n) is 18.2. The maximum Gasteiger partial charge on any atom is 0.326 e. The van der Waals surface area contributed by atoms with Gasteiger partial charge in [-0.2, -0.15) is 5.26 Å². The molecule has 0 aliphatic heterocycles. The van der Waals surface area contributed by atoms with Crippen molar-refractivity contribution >= 4 is 80.2 Å². The monoisotopic (exact) mass is 649 g/mol. The van der Waals surface area contributed by atoms with E-state index in [4.69, 9.17) is 40.1 Å². The van der Waals surface area contributed by atoms with Crippen molar-refractivity contribution < 1.29 is 14.7 Å². The predicted molar refractivity (Wildman–Crippen MR) is 149 cm³/mol. The van der Waals surface area contributed by atoms with E-state index in [9.17, 15) is 14.7 Å². The quantitative estimate of drug-likeness (QED) is 0.225. The number of halogens is 4. The Bertz CT molecular complexity index is 1550. The molecular weight excluding hydrogens is 636 g/mol. The first-order valence-corrected chi connectivity index (χ1v) is 12.7. The van der Waals surface area contributed by atoms with E-state index in [2.05, 4.69) is 16.4 Å². The van der Waals surface area contributed by atoms with Gasteiger partial charge in [0.25, 0.3) is 5.91 Å². The number of nitrogens with one attached hydrogen (secondary N) is 1. The van der Waals surface area contributed by atoms with Crippen molar-refractivity contribution in [1.82, 2.24) is 10.3 Å². The number of hydrogen-bond acceptors (Lipinski definition) is 4. The van der Waals surface area contributed by atoms with E-state index in [-0.39, 0.29) is 22.0 Å². The fourth-order valence-corrected chi connectivity index (χ4v) is 5.77. The van der Waals surface area contributed by atoms with Crippen molar-refractivity contribution in [1.29, 1.82) is 5.26 Å². The predicted octanol–water partition coefficient (Wildman–Crippen LogP) is 6.76. The number of pyridine rings is 1. The number of carbonyl (C=O) groups is 2. The maximum absolute atomic E-state index is 12.9. The first kappa shape index (κ1) is 26.2. The number of carboxylic acids is 1. The van der Waals surface area contributed by atoms with Crippen LogP contribution >= 0.6 is 57.4 Å². The molecule has 36 heavy (non-hydrogen) atoms. The van der Waals surface area contributed by atoms with Gasteiger partial charge in [-0.05, 0) is 58.5 Å². The molecule has 0 unspecified atom stereocenters. The number of nitriles is 1. The first-order valence-electron chi connectivity index (χ1n) is 10.4. The van der Waals surface area contributed by atoms with Crippen LogP contribution in [0.4, 0.5) is 0 Å². The molecule has 0 saturated carbocycles. The van der Waals surface area contributed by atoms with Gasteiger partial charge in [0, 0.05) is 37.7 Å². The standard InChI is InChI=1S/C26H15Cl3IN3O3/c27-19-8-13(12-31)3-5-17(19)18-6-4-14(16-2-1-7-32-24(16)18)9-22(26(35)36)33-25(34)23-20(28)10-15(30)11-21(23)29/h1-8,10-11,22H,9H2,(H,33,34)(H,35,36)/t22-/m0/s1. The molecule has 1 amide bonds. The highest BCUT2D eigenvalue weighted by Gasteiger charge is 2.25. The van der Waals surface area contributed by atoms with Crippen LogP contribution in [0.15, 0.2) is 60.8 Å². The van der Waals surface area contributed by atoms with Crippen LogP contribution in [-0.4, -0.2) is 28.0 Å². The summed E-state index contributed by atoms with van der Waals surface area (Å²) in [6.07, 6.45) is 1.62. The summed E-state index contributed by atoms with van der Waals surface area (Å²) in [7, 11) is 0. The van der Waals surface area contributed by atoms with Crippen LogP contribution in [0, 0.1) is 14.9 Å². The summed E-state index contributed by atoms with van der Waals surface area (Å²) in [4.78, 5) is 29.5. The minimum atomic E-state index is -1.25. The Morgan fingerprint density at radius 3 is 2.36 bits per heavy atom. The van der Waals surface area contributed by atoms with Crippen molar-refractivity contribution in [3.05, 3.63) is 96.1 Å². The van der Waals surface area contributed by atoms with Gasteiger partial charge in [0.2, 0.25) is 0 Å². The third kappa shape index (κ3) is 5.42. The number of aliphatic carboxylic acids is 1. The molecule has 3 aromatic carbocycles. The number of amides is 1. The lowest BCUT2D eigenvalue weighted by Gasteiger charge is -2.18. The SMILES string of the molecule is N#Cc1ccc(-c2ccc(C[C@H](NC(=O)c3c(Cl)cc(I)cc3Cl)C(=O)O)c3cccnc23)c(Cl)c1. The molecule has 0 aliphatic rings.